The van der Waals surface area contributed by atoms with E-state index in [1.807, 2.05) is 0 Å². The topological polar surface area (TPSA) is 108 Å². The molecule has 0 heterocycles. The van der Waals surface area contributed by atoms with E-state index in [9.17, 15) is 18.0 Å². The van der Waals surface area contributed by atoms with Crippen LogP contribution in [0.3, 0.4) is 0 Å². The summed E-state index contributed by atoms with van der Waals surface area (Å²) in [4.78, 5) is 23.0. The van der Waals surface area contributed by atoms with Crippen molar-refractivity contribution in [2.45, 2.75) is 6.42 Å². The summed E-state index contributed by atoms with van der Waals surface area (Å²) in [7, 11) is -3.76. The minimum atomic E-state index is -3.76. The fourth-order valence-electron chi connectivity index (χ4n) is 2.37. The first-order valence-electron chi connectivity index (χ1n) is 9.16. The van der Waals surface area contributed by atoms with Gasteiger partial charge < -0.3 is 14.2 Å². The van der Waals surface area contributed by atoms with Crippen molar-refractivity contribution in [3.05, 3.63) is 46.4 Å². The summed E-state index contributed by atoms with van der Waals surface area (Å²) in [5.41, 5.74) is 1.57. The summed E-state index contributed by atoms with van der Waals surface area (Å²) in [6.07, 6.45) is 0.216. The van der Waals surface area contributed by atoms with Crippen molar-refractivity contribution in [3.8, 4) is 22.6 Å². The fourth-order valence-corrected chi connectivity index (χ4v) is 3.44. The molecule has 2 aromatic carbocycles. The largest absolute Gasteiger partial charge is 0.490 e. The van der Waals surface area contributed by atoms with Gasteiger partial charge in [0.1, 0.15) is 12.4 Å². The Hall–Kier alpha value is -2.20. The van der Waals surface area contributed by atoms with Gasteiger partial charge in [0.15, 0.2) is 12.4 Å². The molecule has 0 radical (unpaired) electrons. The number of carbonyl (C=O) groups is 2. The number of sulfonamides is 1. The van der Waals surface area contributed by atoms with E-state index < -0.39 is 28.5 Å². The van der Waals surface area contributed by atoms with Crippen molar-refractivity contribution < 1.29 is 32.2 Å². The number of amides is 1. The van der Waals surface area contributed by atoms with Crippen LogP contribution in [-0.2, 0) is 19.6 Å². The lowest BCUT2D eigenvalue weighted by Gasteiger charge is -2.12. The van der Waals surface area contributed by atoms with Crippen LogP contribution in [0.1, 0.15) is 6.42 Å². The van der Waals surface area contributed by atoms with E-state index in [0.717, 1.165) is 17.4 Å². The molecule has 0 aromatic heterocycles. The second-order valence-electron chi connectivity index (χ2n) is 6.46. The molecular weight excluding hydrogens is 505 g/mol. The lowest BCUT2D eigenvalue weighted by molar-refractivity contribution is -0.123. The molecule has 1 N–H and O–H groups in total. The third-order valence-electron chi connectivity index (χ3n) is 3.74. The molecule has 0 aliphatic rings. The van der Waals surface area contributed by atoms with Gasteiger partial charge >= 0.3 is 6.09 Å². The van der Waals surface area contributed by atoms with Crippen molar-refractivity contribution in [1.82, 2.24) is 4.72 Å². The highest BCUT2D eigenvalue weighted by atomic mass is 35.5. The van der Waals surface area contributed by atoms with Gasteiger partial charge in [0, 0.05) is 5.88 Å². The van der Waals surface area contributed by atoms with Crippen LogP contribution < -0.4 is 14.2 Å². The molecule has 0 aliphatic carbocycles. The molecule has 2 rings (SSSR count). The number of Topliss-reactive ketones (excluding diaryl/α,β-unsaturated/α-hetero) is 1. The third-order valence-corrected chi connectivity index (χ3v) is 5.11. The SMILES string of the molecule is CS(=O)(=O)NC(=O)OCC(=O)COc1ccc(-c2cc(Cl)c(OCCCCl)c(Cl)c2)cc1. The Labute approximate surface area is 200 Å². The van der Waals surface area contributed by atoms with Gasteiger partial charge in [0.2, 0.25) is 15.8 Å². The van der Waals surface area contributed by atoms with Crippen LogP contribution in [0.15, 0.2) is 36.4 Å². The molecule has 1 amide bonds. The molecule has 0 bridgehead atoms. The van der Waals surface area contributed by atoms with E-state index in [0.29, 0.717) is 40.5 Å². The monoisotopic (exact) mass is 523 g/mol. The molecule has 12 heteroatoms. The molecule has 32 heavy (non-hydrogen) atoms. The minimum absolute atomic E-state index is 0.364. The second kappa shape index (κ2) is 12.2. The van der Waals surface area contributed by atoms with Crippen LogP contribution in [0.2, 0.25) is 10.0 Å². The summed E-state index contributed by atoms with van der Waals surface area (Å²) < 4.78 is 38.8. The number of carbonyl (C=O) groups excluding carboxylic acids is 2. The van der Waals surface area contributed by atoms with Gasteiger partial charge in [-0.05, 0) is 41.8 Å². The molecule has 0 saturated heterocycles. The first kappa shape index (κ1) is 26.1. The van der Waals surface area contributed by atoms with Gasteiger partial charge in [0.05, 0.1) is 22.9 Å². The fraction of sp³-hybridized carbons (Fsp3) is 0.300. The van der Waals surface area contributed by atoms with Crippen molar-refractivity contribution in [1.29, 1.82) is 0 Å². The zero-order valence-corrected chi connectivity index (χ0v) is 20.0. The average Bonchev–Trinajstić information content (AvgIpc) is 2.72. The Bertz CT molecular complexity index is 1040. The maximum absolute atomic E-state index is 11.7. The number of hydrogen-bond acceptors (Lipinski definition) is 7. The Kier molecular flexibility index (Phi) is 9.89. The van der Waals surface area contributed by atoms with Crippen LogP contribution in [0.25, 0.3) is 11.1 Å². The number of benzene rings is 2. The molecule has 0 fully saturated rings. The Balaban J connectivity index is 1.91. The summed E-state index contributed by atoms with van der Waals surface area (Å²) in [6, 6.07) is 10.3. The van der Waals surface area contributed by atoms with E-state index in [4.69, 9.17) is 44.3 Å². The average molecular weight is 525 g/mol. The van der Waals surface area contributed by atoms with Gasteiger partial charge in [-0.25, -0.2) is 17.9 Å². The second-order valence-corrected chi connectivity index (χ2v) is 9.40. The quantitative estimate of drug-likeness (QED) is 0.345. The summed E-state index contributed by atoms with van der Waals surface area (Å²) in [6.45, 7) is -0.590. The maximum Gasteiger partial charge on any atom is 0.421 e. The lowest BCUT2D eigenvalue weighted by atomic mass is 10.1. The minimum Gasteiger partial charge on any atom is -0.490 e. The van der Waals surface area contributed by atoms with Crippen LogP contribution in [0, 0.1) is 0 Å². The first-order valence-corrected chi connectivity index (χ1v) is 12.3. The number of ketones is 1. The predicted octanol–water partition coefficient (Wildman–Crippen LogP) is 4.30. The van der Waals surface area contributed by atoms with Crippen molar-refractivity contribution in [3.63, 3.8) is 0 Å². The lowest BCUT2D eigenvalue weighted by Crippen LogP contribution is -2.32. The third kappa shape index (κ3) is 8.74. The maximum atomic E-state index is 11.7. The van der Waals surface area contributed by atoms with Crippen LogP contribution in [0.4, 0.5) is 4.79 Å². The highest BCUT2D eigenvalue weighted by Crippen LogP contribution is 2.38. The van der Waals surface area contributed by atoms with Crippen LogP contribution >= 0.6 is 34.8 Å². The number of hydrogen-bond donors (Lipinski definition) is 1. The molecule has 0 saturated carbocycles. The normalized spacial score (nSPS) is 11.0. The van der Waals surface area contributed by atoms with Gasteiger partial charge in [-0.1, -0.05) is 35.3 Å². The first-order chi connectivity index (χ1) is 15.1. The number of ether oxygens (including phenoxy) is 3. The summed E-state index contributed by atoms with van der Waals surface area (Å²) in [5, 5.41) is 0.737. The summed E-state index contributed by atoms with van der Waals surface area (Å²) in [5.74, 6) is 0.717. The Morgan fingerprint density at radius 2 is 1.59 bits per heavy atom. The van der Waals surface area contributed by atoms with Crippen LogP contribution in [0.5, 0.6) is 11.5 Å². The molecule has 0 spiro atoms. The van der Waals surface area contributed by atoms with Gasteiger partial charge in [-0.3, -0.25) is 4.79 Å². The molecule has 2 aromatic rings. The van der Waals surface area contributed by atoms with Gasteiger partial charge in [-0.2, -0.15) is 0 Å². The molecule has 8 nitrogen and oxygen atoms in total. The number of rotatable bonds is 11. The summed E-state index contributed by atoms with van der Waals surface area (Å²) >= 11 is 18.2. The van der Waals surface area contributed by atoms with Crippen molar-refractivity contribution in [2.24, 2.45) is 0 Å². The van der Waals surface area contributed by atoms with Crippen LogP contribution in [-0.4, -0.2) is 52.3 Å². The van der Waals surface area contributed by atoms with Crippen molar-refractivity contribution >= 4 is 56.7 Å². The molecule has 0 aliphatic heterocycles. The number of alkyl halides is 1. The smallest absolute Gasteiger partial charge is 0.421 e. The molecular formula is C20H20Cl3NO7S. The Morgan fingerprint density at radius 3 is 2.16 bits per heavy atom. The molecule has 0 atom stereocenters. The van der Waals surface area contributed by atoms with Gasteiger partial charge in [0.25, 0.3) is 0 Å². The molecule has 174 valence electrons. The zero-order valence-electron chi connectivity index (χ0n) is 16.9. The standard InChI is InChI=1S/C20H20Cl3NO7S/c1-32(27,28)24-20(26)31-12-15(25)11-30-16-5-3-13(4-6-16)14-9-17(22)19(18(23)10-14)29-8-2-7-21/h3-6,9-10H,2,7-8,11-12H2,1H3,(H,24,26). The number of halogens is 3. The Morgan fingerprint density at radius 1 is 0.969 bits per heavy atom. The zero-order chi connectivity index (χ0) is 23.7. The molecule has 0 unspecified atom stereocenters. The van der Waals surface area contributed by atoms with E-state index in [2.05, 4.69) is 4.74 Å². The van der Waals surface area contributed by atoms with E-state index >= 15 is 0 Å². The van der Waals surface area contributed by atoms with E-state index in [1.165, 1.54) is 0 Å². The number of nitrogens with one attached hydrogen (secondary N) is 1. The van der Waals surface area contributed by atoms with Crippen molar-refractivity contribution in [2.75, 3.05) is 32.0 Å². The van der Waals surface area contributed by atoms with Gasteiger partial charge in [-0.15, -0.1) is 11.6 Å². The van der Waals surface area contributed by atoms with E-state index in [-0.39, 0.29) is 6.61 Å². The predicted molar refractivity (Wildman–Crippen MR) is 123 cm³/mol. The highest BCUT2D eigenvalue weighted by molar-refractivity contribution is 7.89. The van der Waals surface area contributed by atoms with E-state index in [1.54, 1.807) is 41.1 Å². The highest BCUT2D eigenvalue weighted by Gasteiger charge is 2.13.